The largest absolute Gasteiger partial charge is 0.336 e. The normalized spacial score (nSPS) is 20.8. The van der Waals surface area contributed by atoms with Crippen molar-refractivity contribution in [3.05, 3.63) is 35.4 Å². The monoisotopic (exact) mass is 240 g/mol. The van der Waals surface area contributed by atoms with E-state index < -0.39 is 11.6 Å². The van der Waals surface area contributed by atoms with Gasteiger partial charge in [-0.2, -0.15) is 0 Å². The van der Waals surface area contributed by atoms with E-state index in [-0.39, 0.29) is 24.1 Å². The van der Waals surface area contributed by atoms with Crippen LogP contribution in [-0.4, -0.2) is 29.9 Å². The zero-order valence-electron chi connectivity index (χ0n) is 9.54. The highest BCUT2D eigenvalue weighted by molar-refractivity contribution is 5.82. The Bertz CT molecular complexity index is 437. The molecule has 1 aliphatic heterocycles. The molecule has 92 valence electrons. The van der Waals surface area contributed by atoms with Crippen molar-refractivity contribution in [3.63, 3.8) is 0 Å². The first-order chi connectivity index (χ1) is 8.09. The van der Waals surface area contributed by atoms with Crippen LogP contribution in [0.15, 0.2) is 18.2 Å². The summed E-state index contributed by atoms with van der Waals surface area (Å²) in [6.45, 7) is 3.06. The second kappa shape index (κ2) is 4.79. The van der Waals surface area contributed by atoms with E-state index in [1.165, 1.54) is 12.1 Å². The molecule has 17 heavy (non-hydrogen) atoms. The molecule has 1 fully saturated rings. The van der Waals surface area contributed by atoms with Crippen molar-refractivity contribution in [1.82, 2.24) is 10.2 Å². The van der Waals surface area contributed by atoms with Crippen LogP contribution in [0.4, 0.5) is 8.78 Å². The van der Waals surface area contributed by atoms with Crippen molar-refractivity contribution in [1.29, 1.82) is 0 Å². The molecule has 0 spiro atoms. The molecular weight excluding hydrogens is 226 g/mol. The smallest absolute Gasteiger partial charge is 0.239 e. The summed E-state index contributed by atoms with van der Waals surface area (Å²) in [5.41, 5.74) is 0.215. The number of halogens is 2. The first-order valence-corrected chi connectivity index (χ1v) is 5.54. The van der Waals surface area contributed by atoms with Crippen molar-refractivity contribution >= 4 is 5.91 Å². The summed E-state index contributed by atoms with van der Waals surface area (Å²) in [7, 11) is 0. The molecule has 1 aromatic rings. The summed E-state index contributed by atoms with van der Waals surface area (Å²) in [6.07, 6.45) is 0. The van der Waals surface area contributed by atoms with E-state index >= 15 is 0 Å². The van der Waals surface area contributed by atoms with Crippen molar-refractivity contribution in [2.75, 3.05) is 13.1 Å². The standard InChI is InChI=1S/C12H14F2N2O/c1-8-12(17)16(6-5-15-8)7-9-3-2-4-10(13)11(9)14/h2-4,8,15H,5-7H2,1H3. The summed E-state index contributed by atoms with van der Waals surface area (Å²) in [5, 5.41) is 3.01. The maximum atomic E-state index is 13.5. The van der Waals surface area contributed by atoms with Gasteiger partial charge >= 0.3 is 0 Å². The van der Waals surface area contributed by atoms with Crippen LogP contribution >= 0.6 is 0 Å². The van der Waals surface area contributed by atoms with E-state index in [0.29, 0.717) is 13.1 Å². The summed E-state index contributed by atoms with van der Waals surface area (Å²) in [5.74, 6) is -1.83. The highest BCUT2D eigenvalue weighted by Gasteiger charge is 2.25. The molecule has 1 amide bonds. The Morgan fingerprint density at radius 3 is 3.00 bits per heavy atom. The van der Waals surface area contributed by atoms with Crippen LogP contribution in [0, 0.1) is 11.6 Å². The number of nitrogens with one attached hydrogen (secondary N) is 1. The topological polar surface area (TPSA) is 32.3 Å². The van der Waals surface area contributed by atoms with Crippen molar-refractivity contribution in [3.8, 4) is 0 Å². The number of benzene rings is 1. The predicted octanol–water partition coefficient (Wildman–Crippen LogP) is 1.29. The van der Waals surface area contributed by atoms with Gasteiger partial charge in [0.1, 0.15) is 0 Å². The number of piperazine rings is 1. The zero-order valence-corrected chi connectivity index (χ0v) is 9.54. The molecule has 5 heteroatoms. The van der Waals surface area contributed by atoms with E-state index in [9.17, 15) is 13.6 Å². The van der Waals surface area contributed by atoms with Gasteiger partial charge in [-0.05, 0) is 13.0 Å². The lowest BCUT2D eigenvalue weighted by Crippen LogP contribution is -2.53. The van der Waals surface area contributed by atoms with E-state index in [2.05, 4.69) is 5.32 Å². The number of hydrogen-bond donors (Lipinski definition) is 1. The third-order valence-corrected chi connectivity index (χ3v) is 2.91. The molecule has 0 saturated carbocycles. The lowest BCUT2D eigenvalue weighted by Gasteiger charge is -2.31. The third kappa shape index (κ3) is 2.44. The fourth-order valence-electron chi connectivity index (χ4n) is 1.92. The molecule has 1 saturated heterocycles. The lowest BCUT2D eigenvalue weighted by atomic mass is 10.1. The number of amides is 1. The molecule has 3 nitrogen and oxygen atoms in total. The summed E-state index contributed by atoms with van der Waals surface area (Å²) >= 11 is 0. The van der Waals surface area contributed by atoms with Gasteiger partial charge in [0.25, 0.3) is 0 Å². The zero-order chi connectivity index (χ0) is 12.4. The number of carbonyl (C=O) groups is 1. The average Bonchev–Trinajstić information content (AvgIpc) is 2.31. The minimum atomic E-state index is -0.877. The first-order valence-electron chi connectivity index (χ1n) is 5.54. The minimum absolute atomic E-state index is 0.0834. The van der Waals surface area contributed by atoms with Crippen LogP contribution in [0.3, 0.4) is 0 Å². The number of nitrogens with zero attached hydrogens (tertiary/aromatic N) is 1. The van der Waals surface area contributed by atoms with Gasteiger partial charge in [0.05, 0.1) is 6.04 Å². The molecule has 1 heterocycles. The quantitative estimate of drug-likeness (QED) is 0.844. The fourth-order valence-corrected chi connectivity index (χ4v) is 1.92. The molecule has 0 aliphatic carbocycles. The van der Waals surface area contributed by atoms with Gasteiger partial charge in [-0.3, -0.25) is 4.79 Å². The van der Waals surface area contributed by atoms with Gasteiger partial charge in [-0.15, -0.1) is 0 Å². The molecular formula is C12H14F2N2O. The molecule has 1 aliphatic rings. The second-order valence-corrected chi connectivity index (χ2v) is 4.15. The summed E-state index contributed by atoms with van der Waals surface area (Å²) in [4.78, 5) is 13.3. The highest BCUT2D eigenvalue weighted by atomic mass is 19.2. The Kier molecular flexibility index (Phi) is 3.38. The molecule has 1 N–H and O–H groups in total. The third-order valence-electron chi connectivity index (χ3n) is 2.91. The molecule has 0 bridgehead atoms. The Morgan fingerprint density at radius 2 is 2.24 bits per heavy atom. The van der Waals surface area contributed by atoms with Gasteiger partial charge in [0, 0.05) is 25.2 Å². The second-order valence-electron chi connectivity index (χ2n) is 4.15. The van der Waals surface area contributed by atoms with Crippen LogP contribution in [0.5, 0.6) is 0 Å². The van der Waals surface area contributed by atoms with Crippen molar-refractivity contribution in [2.45, 2.75) is 19.5 Å². The minimum Gasteiger partial charge on any atom is -0.336 e. The Balaban J connectivity index is 2.15. The molecule has 1 atom stereocenters. The van der Waals surface area contributed by atoms with Crippen molar-refractivity contribution in [2.24, 2.45) is 0 Å². The number of rotatable bonds is 2. The van der Waals surface area contributed by atoms with Gasteiger partial charge in [-0.25, -0.2) is 8.78 Å². The van der Waals surface area contributed by atoms with E-state index in [0.717, 1.165) is 6.07 Å². The first kappa shape index (κ1) is 12.0. The average molecular weight is 240 g/mol. The Hall–Kier alpha value is -1.49. The Labute approximate surface area is 98.4 Å². The summed E-state index contributed by atoms with van der Waals surface area (Å²) < 4.78 is 26.5. The summed E-state index contributed by atoms with van der Waals surface area (Å²) in [6, 6.07) is 3.75. The number of hydrogen-bond acceptors (Lipinski definition) is 2. The van der Waals surface area contributed by atoms with Gasteiger partial charge in [0.15, 0.2) is 11.6 Å². The van der Waals surface area contributed by atoms with Gasteiger partial charge in [0.2, 0.25) is 5.91 Å². The maximum absolute atomic E-state index is 13.5. The van der Waals surface area contributed by atoms with Crippen LogP contribution in [0.1, 0.15) is 12.5 Å². The van der Waals surface area contributed by atoms with E-state index in [1.807, 2.05) is 0 Å². The van der Waals surface area contributed by atoms with Crippen LogP contribution in [0.25, 0.3) is 0 Å². The lowest BCUT2D eigenvalue weighted by molar-refractivity contribution is -0.135. The highest BCUT2D eigenvalue weighted by Crippen LogP contribution is 2.15. The van der Waals surface area contributed by atoms with E-state index in [1.54, 1.807) is 11.8 Å². The molecule has 1 aromatic carbocycles. The van der Waals surface area contributed by atoms with Crippen LogP contribution in [-0.2, 0) is 11.3 Å². The Morgan fingerprint density at radius 1 is 1.47 bits per heavy atom. The fraction of sp³-hybridized carbons (Fsp3) is 0.417. The van der Waals surface area contributed by atoms with Crippen LogP contribution in [0.2, 0.25) is 0 Å². The van der Waals surface area contributed by atoms with Crippen LogP contribution < -0.4 is 5.32 Å². The SMILES string of the molecule is CC1NCCN(Cc2cccc(F)c2F)C1=O. The predicted molar refractivity (Wildman–Crippen MR) is 59.2 cm³/mol. The molecule has 2 rings (SSSR count). The van der Waals surface area contributed by atoms with Gasteiger partial charge < -0.3 is 10.2 Å². The van der Waals surface area contributed by atoms with E-state index in [4.69, 9.17) is 0 Å². The maximum Gasteiger partial charge on any atom is 0.239 e. The molecule has 1 unspecified atom stereocenters. The molecule has 0 radical (unpaired) electrons. The van der Waals surface area contributed by atoms with Gasteiger partial charge in [-0.1, -0.05) is 12.1 Å². The number of carbonyl (C=O) groups excluding carboxylic acids is 1. The van der Waals surface area contributed by atoms with Crippen molar-refractivity contribution < 1.29 is 13.6 Å². The molecule has 0 aromatic heterocycles.